The van der Waals surface area contributed by atoms with Crippen LogP contribution in [0.25, 0.3) is 0 Å². The van der Waals surface area contributed by atoms with Crippen LogP contribution < -0.4 is 4.74 Å². The van der Waals surface area contributed by atoms with E-state index in [2.05, 4.69) is 5.10 Å². The molecule has 2 heterocycles. The Morgan fingerprint density at radius 1 is 1.03 bits per heavy atom. The highest BCUT2D eigenvalue weighted by molar-refractivity contribution is 7.90. The van der Waals surface area contributed by atoms with Crippen molar-refractivity contribution in [1.82, 2.24) is 9.31 Å². The van der Waals surface area contributed by atoms with E-state index < -0.39 is 33.7 Å². The number of carbonyl (C=O) groups excluding carboxylic acids is 3. The topological polar surface area (TPSA) is 123 Å². The third-order valence-electron chi connectivity index (χ3n) is 5.24. The molecule has 0 fully saturated rings. The number of hydrogen-bond donors (Lipinski definition) is 0. The Morgan fingerprint density at radius 3 is 2.34 bits per heavy atom. The molecule has 0 aromatic heterocycles. The summed E-state index contributed by atoms with van der Waals surface area (Å²) in [5, 5.41) is 5.21. The Balaban J connectivity index is 1.97. The molecule has 32 heavy (non-hydrogen) atoms. The first-order valence-electron chi connectivity index (χ1n) is 9.53. The van der Waals surface area contributed by atoms with Crippen LogP contribution in [0.3, 0.4) is 0 Å². The van der Waals surface area contributed by atoms with Crippen LogP contribution in [0.5, 0.6) is 5.75 Å². The molecule has 0 bridgehead atoms. The lowest BCUT2D eigenvalue weighted by atomic mass is 9.91. The highest BCUT2D eigenvalue weighted by Gasteiger charge is 2.64. The average Bonchev–Trinajstić information content (AvgIpc) is 3.22. The molecule has 4 rings (SSSR count). The molecular weight excluding hydrogens is 438 g/mol. The van der Waals surface area contributed by atoms with E-state index in [1.807, 2.05) is 0 Å². The van der Waals surface area contributed by atoms with Crippen molar-refractivity contribution in [2.75, 3.05) is 7.11 Å². The number of para-hydroxylation sites is 1. The molecule has 2 aliphatic rings. The van der Waals surface area contributed by atoms with Gasteiger partial charge < -0.3 is 9.47 Å². The van der Waals surface area contributed by atoms with Crippen molar-refractivity contribution in [3.8, 4) is 5.75 Å². The predicted octanol–water partition coefficient (Wildman–Crippen LogP) is 2.19. The van der Waals surface area contributed by atoms with Crippen molar-refractivity contribution in [2.24, 2.45) is 5.10 Å². The number of sulfonamides is 1. The van der Waals surface area contributed by atoms with Crippen LogP contribution in [0.1, 0.15) is 31.4 Å². The number of fused-ring (bicyclic) bond motifs is 2. The number of methoxy groups -OCH3 is 1. The van der Waals surface area contributed by atoms with E-state index in [1.165, 1.54) is 25.1 Å². The smallest absolute Gasteiger partial charge is 0.432 e. The number of carbonyl (C=O) groups is 3. The zero-order valence-electron chi connectivity index (χ0n) is 17.4. The highest BCUT2D eigenvalue weighted by Crippen LogP contribution is 2.52. The molecule has 2 aromatic rings. The monoisotopic (exact) mass is 457 g/mol. The van der Waals surface area contributed by atoms with Gasteiger partial charge in [0.2, 0.25) is 5.91 Å². The summed E-state index contributed by atoms with van der Waals surface area (Å²) in [5.41, 5.74) is -0.971. The number of ether oxygens (including phenoxy) is 2. The Morgan fingerprint density at radius 2 is 1.69 bits per heavy atom. The molecule has 0 N–H and O–H groups in total. The van der Waals surface area contributed by atoms with Gasteiger partial charge in [-0.05, 0) is 18.2 Å². The second-order valence-electron chi connectivity index (χ2n) is 7.20. The molecule has 0 aliphatic carbocycles. The van der Waals surface area contributed by atoms with Gasteiger partial charge >= 0.3 is 12.1 Å². The first-order valence-corrected chi connectivity index (χ1v) is 11.0. The lowest BCUT2D eigenvalue weighted by Crippen LogP contribution is -2.55. The van der Waals surface area contributed by atoms with E-state index in [-0.39, 0.29) is 28.3 Å². The summed E-state index contributed by atoms with van der Waals surface area (Å²) in [4.78, 5) is 36.9. The number of benzene rings is 2. The largest absolute Gasteiger partial charge is 0.451 e. The van der Waals surface area contributed by atoms with Crippen LogP contribution in [-0.2, 0) is 30.0 Å². The van der Waals surface area contributed by atoms with Crippen molar-refractivity contribution in [3.63, 3.8) is 0 Å². The third kappa shape index (κ3) is 2.96. The zero-order chi connectivity index (χ0) is 23.3. The summed E-state index contributed by atoms with van der Waals surface area (Å²) in [6, 6.07) is 12.6. The standard InChI is InChI=1S/C21H19N3O7S/c1-13(25)24-21(16-9-5-7-11-19(16)32(24,28)29)12-17(22-23(21)20(27)30-3)15-8-4-6-10-18(15)31-14(2)26/h4-11H,12H2,1-3H3. The van der Waals surface area contributed by atoms with Crippen molar-refractivity contribution < 1.29 is 32.3 Å². The van der Waals surface area contributed by atoms with Gasteiger partial charge in [-0.2, -0.15) is 10.1 Å². The average molecular weight is 457 g/mol. The number of hydrazone groups is 1. The minimum absolute atomic E-state index is 0.103. The van der Waals surface area contributed by atoms with Crippen molar-refractivity contribution in [1.29, 1.82) is 0 Å². The molecule has 0 radical (unpaired) electrons. The fourth-order valence-electron chi connectivity index (χ4n) is 4.15. The molecule has 2 aromatic carbocycles. The summed E-state index contributed by atoms with van der Waals surface area (Å²) in [5.74, 6) is -1.17. The maximum Gasteiger partial charge on any atom is 0.432 e. The van der Waals surface area contributed by atoms with Crippen LogP contribution in [0.4, 0.5) is 4.79 Å². The maximum atomic E-state index is 13.3. The van der Waals surface area contributed by atoms with Gasteiger partial charge in [0.25, 0.3) is 10.0 Å². The molecule has 1 spiro atoms. The molecule has 166 valence electrons. The van der Waals surface area contributed by atoms with Gasteiger partial charge in [-0.25, -0.2) is 17.5 Å². The fourth-order valence-corrected chi connectivity index (χ4v) is 6.08. The summed E-state index contributed by atoms with van der Waals surface area (Å²) in [7, 11) is -3.14. The quantitative estimate of drug-likeness (QED) is 0.500. The van der Waals surface area contributed by atoms with Crippen LogP contribution in [-0.4, -0.2) is 48.5 Å². The minimum atomic E-state index is -4.27. The first kappa shape index (κ1) is 21.5. The Bertz CT molecular complexity index is 1290. The van der Waals surface area contributed by atoms with Crippen molar-refractivity contribution in [2.45, 2.75) is 30.8 Å². The molecule has 10 nitrogen and oxygen atoms in total. The molecule has 1 unspecified atom stereocenters. The molecule has 11 heteroatoms. The zero-order valence-corrected chi connectivity index (χ0v) is 18.3. The number of rotatable bonds is 2. The van der Waals surface area contributed by atoms with Gasteiger partial charge in [0, 0.05) is 31.4 Å². The molecular formula is C21H19N3O7S. The van der Waals surface area contributed by atoms with Gasteiger partial charge in [-0.15, -0.1) is 0 Å². The highest BCUT2D eigenvalue weighted by atomic mass is 32.2. The van der Waals surface area contributed by atoms with Gasteiger partial charge in [0.15, 0.2) is 5.66 Å². The molecule has 0 saturated heterocycles. The Hall–Kier alpha value is -3.73. The van der Waals surface area contributed by atoms with E-state index in [4.69, 9.17) is 9.47 Å². The summed E-state index contributed by atoms with van der Waals surface area (Å²) in [6.07, 6.45) is -1.13. The van der Waals surface area contributed by atoms with Gasteiger partial charge in [0.1, 0.15) is 5.75 Å². The van der Waals surface area contributed by atoms with E-state index in [0.717, 1.165) is 19.0 Å². The molecule has 2 aliphatic heterocycles. The molecule has 0 saturated carbocycles. The number of nitrogens with zero attached hydrogens (tertiary/aromatic N) is 3. The van der Waals surface area contributed by atoms with Gasteiger partial charge in [-0.1, -0.05) is 30.3 Å². The first-order chi connectivity index (χ1) is 15.1. The molecule has 2 amide bonds. The van der Waals surface area contributed by atoms with E-state index in [1.54, 1.807) is 30.3 Å². The summed E-state index contributed by atoms with van der Waals surface area (Å²) >= 11 is 0. The lowest BCUT2D eigenvalue weighted by molar-refractivity contribution is -0.133. The van der Waals surface area contributed by atoms with E-state index in [9.17, 15) is 22.8 Å². The van der Waals surface area contributed by atoms with E-state index in [0.29, 0.717) is 9.87 Å². The Kier molecular flexibility index (Phi) is 5.00. The number of esters is 1. The summed E-state index contributed by atoms with van der Waals surface area (Å²) < 4.78 is 37.4. The lowest BCUT2D eigenvalue weighted by Gasteiger charge is -2.37. The minimum Gasteiger partial charge on any atom is -0.451 e. The second-order valence-corrected chi connectivity index (χ2v) is 8.95. The van der Waals surface area contributed by atoms with Crippen LogP contribution in [0, 0.1) is 0 Å². The Labute approximate surface area is 184 Å². The van der Waals surface area contributed by atoms with E-state index >= 15 is 0 Å². The third-order valence-corrected chi connectivity index (χ3v) is 7.19. The SMILES string of the molecule is COC(=O)N1N=C(c2ccccc2OC(C)=O)CC12c1ccccc1S(=O)(=O)N2C(C)=O. The normalized spacial score (nSPS) is 20.7. The van der Waals surface area contributed by atoms with Crippen molar-refractivity contribution in [3.05, 3.63) is 59.7 Å². The fraction of sp³-hybridized carbons (Fsp3) is 0.238. The summed E-state index contributed by atoms with van der Waals surface area (Å²) in [6.45, 7) is 2.35. The van der Waals surface area contributed by atoms with Crippen molar-refractivity contribution >= 4 is 33.7 Å². The van der Waals surface area contributed by atoms with Crippen LogP contribution >= 0.6 is 0 Å². The number of amides is 2. The molecule has 1 atom stereocenters. The maximum absolute atomic E-state index is 13.3. The van der Waals surface area contributed by atoms with Gasteiger partial charge in [-0.3, -0.25) is 9.59 Å². The van der Waals surface area contributed by atoms with Crippen LogP contribution in [0.2, 0.25) is 0 Å². The second kappa shape index (κ2) is 7.45. The van der Waals surface area contributed by atoms with Crippen LogP contribution in [0.15, 0.2) is 58.5 Å². The number of hydrogen-bond acceptors (Lipinski definition) is 8. The predicted molar refractivity (Wildman–Crippen MR) is 111 cm³/mol. The van der Waals surface area contributed by atoms with Gasteiger partial charge in [0.05, 0.1) is 17.7 Å².